The molecule has 0 bridgehead atoms. The van der Waals surface area contributed by atoms with Gasteiger partial charge in [0.2, 0.25) is 0 Å². The lowest BCUT2D eigenvalue weighted by Gasteiger charge is -2.32. The number of hydrogen-bond acceptors (Lipinski definition) is 2. The second-order valence-corrected chi connectivity index (χ2v) is 5.68. The van der Waals surface area contributed by atoms with Gasteiger partial charge in [0.25, 0.3) is 0 Å². The highest BCUT2D eigenvalue weighted by Gasteiger charge is 2.16. The summed E-state index contributed by atoms with van der Waals surface area (Å²) in [5.74, 6) is 0. The predicted molar refractivity (Wildman–Crippen MR) is 77.8 cm³/mol. The average Bonchev–Trinajstić information content (AvgIpc) is 2.35. The zero-order valence-corrected chi connectivity index (χ0v) is 12.3. The first-order chi connectivity index (χ1) is 8.20. The molecule has 0 atom stereocenters. The van der Waals surface area contributed by atoms with Crippen molar-refractivity contribution >= 4 is 21.6 Å². The van der Waals surface area contributed by atoms with Crippen LogP contribution < -0.4 is 4.90 Å². The Morgan fingerprint density at radius 3 is 3.00 bits per heavy atom. The Bertz CT molecular complexity index is 378. The highest BCUT2D eigenvalue weighted by Crippen LogP contribution is 2.29. The molecule has 0 saturated heterocycles. The van der Waals surface area contributed by atoms with Crippen molar-refractivity contribution in [3.63, 3.8) is 0 Å². The molecule has 1 aromatic carbocycles. The minimum Gasteiger partial charge on any atom is -0.370 e. The Morgan fingerprint density at radius 2 is 2.24 bits per heavy atom. The van der Waals surface area contributed by atoms with Crippen LogP contribution in [-0.4, -0.2) is 38.1 Å². The third-order valence-corrected chi connectivity index (χ3v) is 4.04. The van der Waals surface area contributed by atoms with Gasteiger partial charge in [0, 0.05) is 29.8 Å². The van der Waals surface area contributed by atoms with Crippen molar-refractivity contribution in [3.8, 4) is 0 Å². The van der Waals surface area contributed by atoms with E-state index in [4.69, 9.17) is 0 Å². The lowest BCUT2D eigenvalue weighted by atomic mass is 10.0. The number of halogens is 1. The van der Waals surface area contributed by atoms with Crippen molar-refractivity contribution in [1.29, 1.82) is 0 Å². The maximum absolute atomic E-state index is 3.56. The first-order valence-electron chi connectivity index (χ1n) is 6.42. The smallest absolute Gasteiger partial charge is 0.0399 e. The first kappa shape index (κ1) is 12.9. The van der Waals surface area contributed by atoms with Crippen LogP contribution >= 0.6 is 15.9 Å². The summed E-state index contributed by atoms with van der Waals surface area (Å²) in [6.45, 7) is 6.82. The minimum atomic E-state index is 1.13. The van der Waals surface area contributed by atoms with E-state index in [2.05, 4.69) is 57.9 Å². The summed E-state index contributed by atoms with van der Waals surface area (Å²) in [6, 6.07) is 6.68. The number of hydrogen-bond donors (Lipinski definition) is 0. The lowest BCUT2D eigenvalue weighted by molar-refractivity contribution is 0.357. The number of nitrogens with zero attached hydrogens (tertiary/aromatic N) is 2. The van der Waals surface area contributed by atoms with E-state index in [1.165, 1.54) is 35.1 Å². The molecule has 0 aliphatic carbocycles. The Morgan fingerprint density at radius 1 is 1.41 bits per heavy atom. The zero-order valence-electron chi connectivity index (χ0n) is 10.7. The van der Waals surface area contributed by atoms with E-state index in [9.17, 15) is 0 Å². The molecule has 1 aliphatic heterocycles. The van der Waals surface area contributed by atoms with Crippen LogP contribution in [-0.2, 0) is 6.42 Å². The lowest BCUT2D eigenvalue weighted by Crippen LogP contribution is -2.36. The normalized spacial score (nSPS) is 15.2. The van der Waals surface area contributed by atoms with Gasteiger partial charge in [0.05, 0.1) is 0 Å². The molecule has 3 heteroatoms. The Hall–Kier alpha value is -0.540. The molecule has 0 radical (unpaired) electrons. The largest absolute Gasteiger partial charge is 0.370 e. The van der Waals surface area contributed by atoms with Gasteiger partial charge in [-0.25, -0.2) is 0 Å². The Labute approximate surface area is 113 Å². The maximum atomic E-state index is 3.56. The third kappa shape index (κ3) is 3.23. The quantitative estimate of drug-likeness (QED) is 0.842. The van der Waals surface area contributed by atoms with Crippen LogP contribution in [0.15, 0.2) is 22.7 Å². The Balaban J connectivity index is 2.06. The number of anilines is 1. The monoisotopic (exact) mass is 296 g/mol. The van der Waals surface area contributed by atoms with Gasteiger partial charge in [-0.05, 0) is 50.2 Å². The van der Waals surface area contributed by atoms with Crippen LogP contribution in [0.3, 0.4) is 0 Å². The number of fused-ring (bicyclic) bond motifs is 1. The van der Waals surface area contributed by atoms with E-state index in [0.29, 0.717) is 0 Å². The van der Waals surface area contributed by atoms with Gasteiger partial charge < -0.3 is 9.80 Å². The first-order valence-corrected chi connectivity index (χ1v) is 7.22. The minimum absolute atomic E-state index is 1.13. The molecule has 0 amide bonds. The second kappa shape index (κ2) is 5.87. The molecule has 2 nitrogen and oxygen atoms in total. The van der Waals surface area contributed by atoms with Crippen molar-refractivity contribution in [2.75, 3.05) is 38.1 Å². The SMILES string of the molecule is CCN(C)CCN1CCCc2cc(Br)ccc21. The zero-order chi connectivity index (χ0) is 12.3. The molecule has 0 N–H and O–H groups in total. The molecule has 0 spiro atoms. The molecular formula is C14H21BrN2. The van der Waals surface area contributed by atoms with Crippen molar-refractivity contribution < 1.29 is 0 Å². The summed E-state index contributed by atoms with van der Waals surface area (Å²) < 4.78 is 1.20. The van der Waals surface area contributed by atoms with Crippen LogP contribution in [0, 0.1) is 0 Å². The molecular weight excluding hydrogens is 276 g/mol. The third-order valence-electron chi connectivity index (χ3n) is 3.55. The summed E-state index contributed by atoms with van der Waals surface area (Å²) >= 11 is 3.56. The standard InChI is InChI=1S/C14H21BrN2/c1-3-16(2)9-10-17-8-4-5-12-11-13(15)6-7-14(12)17/h6-7,11H,3-5,8-10H2,1-2H3. The molecule has 0 aromatic heterocycles. The number of benzene rings is 1. The Kier molecular flexibility index (Phi) is 4.46. The fourth-order valence-electron chi connectivity index (χ4n) is 2.33. The molecule has 2 rings (SSSR count). The van der Waals surface area contributed by atoms with Crippen molar-refractivity contribution in [2.24, 2.45) is 0 Å². The van der Waals surface area contributed by atoms with E-state index in [-0.39, 0.29) is 0 Å². The molecule has 0 fully saturated rings. The van der Waals surface area contributed by atoms with Gasteiger partial charge in [-0.1, -0.05) is 22.9 Å². The predicted octanol–water partition coefficient (Wildman–Crippen LogP) is 3.15. The van der Waals surface area contributed by atoms with Crippen molar-refractivity contribution in [3.05, 3.63) is 28.2 Å². The van der Waals surface area contributed by atoms with Crippen LogP contribution in [0.2, 0.25) is 0 Å². The van der Waals surface area contributed by atoms with Crippen LogP contribution in [0.25, 0.3) is 0 Å². The number of aryl methyl sites for hydroxylation is 1. The van der Waals surface area contributed by atoms with E-state index in [1.807, 2.05) is 0 Å². The van der Waals surface area contributed by atoms with Gasteiger partial charge in [0.15, 0.2) is 0 Å². The van der Waals surface area contributed by atoms with Gasteiger partial charge in [-0.15, -0.1) is 0 Å². The molecule has 17 heavy (non-hydrogen) atoms. The molecule has 1 aliphatic rings. The molecule has 0 unspecified atom stereocenters. The molecule has 94 valence electrons. The highest BCUT2D eigenvalue weighted by molar-refractivity contribution is 9.10. The highest BCUT2D eigenvalue weighted by atomic mass is 79.9. The second-order valence-electron chi connectivity index (χ2n) is 4.76. The maximum Gasteiger partial charge on any atom is 0.0399 e. The van der Waals surface area contributed by atoms with E-state index in [0.717, 1.165) is 19.6 Å². The topological polar surface area (TPSA) is 6.48 Å². The number of likely N-dealkylation sites (N-methyl/N-ethyl adjacent to an activating group) is 1. The van der Waals surface area contributed by atoms with Crippen LogP contribution in [0.1, 0.15) is 18.9 Å². The summed E-state index contributed by atoms with van der Waals surface area (Å²) in [5.41, 5.74) is 2.92. The van der Waals surface area contributed by atoms with E-state index in [1.54, 1.807) is 0 Å². The van der Waals surface area contributed by atoms with Gasteiger partial charge in [-0.3, -0.25) is 0 Å². The molecule has 1 heterocycles. The molecule has 0 saturated carbocycles. The fraction of sp³-hybridized carbons (Fsp3) is 0.571. The van der Waals surface area contributed by atoms with Gasteiger partial charge in [0.1, 0.15) is 0 Å². The fourth-order valence-corrected chi connectivity index (χ4v) is 2.73. The van der Waals surface area contributed by atoms with E-state index < -0.39 is 0 Å². The average molecular weight is 297 g/mol. The molecule has 1 aromatic rings. The summed E-state index contributed by atoms with van der Waals surface area (Å²) in [5, 5.41) is 0. The van der Waals surface area contributed by atoms with Crippen molar-refractivity contribution in [1.82, 2.24) is 4.90 Å². The summed E-state index contributed by atoms with van der Waals surface area (Å²) in [6.07, 6.45) is 2.49. The van der Waals surface area contributed by atoms with Crippen LogP contribution in [0.4, 0.5) is 5.69 Å². The number of rotatable bonds is 4. The van der Waals surface area contributed by atoms with E-state index >= 15 is 0 Å². The summed E-state index contributed by atoms with van der Waals surface area (Å²) in [7, 11) is 2.19. The van der Waals surface area contributed by atoms with Gasteiger partial charge in [-0.2, -0.15) is 0 Å². The van der Waals surface area contributed by atoms with Crippen LogP contribution in [0.5, 0.6) is 0 Å². The van der Waals surface area contributed by atoms with Gasteiger partial charge >= 0.3 is 0 Å². The van der Waals surface area contributed by atoms with Crippen molar-refractivity contribution in [2.45, 2.75) is 19.8 Å². The summed E-state index contributed by atoms with van der Waals surface area (Å²) in [4.78, 5) is 4.89.